The number of nitrogens with zero attached hydrogens (tertiary/aromatic N) is 4. The molecule has 3 aromatic rings. The maximum atomic E-state index is 12.4. The summed E-state index contributed by atoms with van der Waals surface area (Å²) in [5.41, 5.74) is 0.366. The number of alkyl halides is 3. The van der Waals surface area contributed by atoms with Gasteiger partial charge >= 0.3 is 6.36 Å². The number of carbonyl (C=O) groups excluding carboxylic acids is 2. The Morgan fingerprint density at radius 1 is 0.971 bits per heavy atom. The Morgan fingerprint density at radius 3 is 2.14 bits per heavy atom. The van der Waals surface area contributed by atoms with E-state index in [0.29, 0.717) is 32.3 Å². The first-order valence-electron chi connectivity index (χ1n) is 10.1. The molecule has 0 saturated carbocycles. The number of thioether (sulfide) groups is 2. The summed E-state index contributed by atoms with van der Waals surface area (Å²) in [6.07, 6.45) is -3.75. The van der Waals surface area contributed by atoms with E-state index in [4.69, 9.17) is 0 Å². The summed E-state index contributed by atoms with van der Waals surface area (Å²) in [7, 11) is 0. The lowest BCUT2D eigenvalue weighted by molar-refractivity contribution is -0.274. The summed E-state index contributed by atoms with van der Waals surface area (Å²) in [5.74, 6) is 0.520. The average molecular weight is 565 g/mol. The van der Waals surface area contributed by atoms with Gasteiger partial charge in [0, 0.05) is 17.9 Å². The zero-order chi connectivity index (χ0) is 25.3. The number of carbonyl (C=O) groups is 2. The molecule has 0 fully saturated rings. The van der Waals surface area contributed by atoms with Gasteiger partial charge in [-0.05, 0) is 24.1 Å². The van der Waals surface area contributed by atoms with Gasteiger partial charge in [-0.3, -0.25) is 9.59 Å². The van der Waals surface area contributed by atoms with E-state index in [1.165, 1.54) is 58.3 Å². The lowest BCUT2D eigenvalue weighted by Crippen LogP contribution is -2.17. The molecule has 2 amide bonds. The average Bonchev–Trinajstić information content (AvgIpc) is 3.39. The highest BCUT2D eigenvalue weighted by Gasteiger charge is 2.31. The van der Waals surface area contributed by atoms with Crippen molar-refractivity contribution in [2.24, 2.45) is 0 Å². The predicted octanol–water partition coefficient (Wildman–Crippen LogP) is 5.09. The van der Waals surface area contributed by atoms with Crippen molar-refractivity contribution in [1.82, 2.24) is 20.4 Å². The Labute approximate surface area is 214 Å². The Hall–Kier alpha value is -2.43. The molecular formula is C19H19F3N6O3S4. The number of ether oxygens (including phenoxy) is 1. The first-order chi connectivity index (χ1) is 16.7. The monoisotopic (exact) mass is 564 g/mol. The summed E-state index contributed by atoms with van der Waals surface area (Å²) < 4.78 is 42.3. The highest BCUT2D eigenvalue weighted by atomic mass is 32.2. The van der Waals surface area contributed by atoms with Gasteiger partial charge in [0.25, 0.3) is 0 Å². The molecule has 2 aromatic heterocycles. The SMILES string of the molecule is CCCC(=O)Nc1nnc(SCCSc2nnc(NC(=O)Cc3cccc(OC(F)(F)F)c3)s2)s1. The third-order valence-corrected chi connectivity index (χ3v) is 8.02. The molecule has 0 spiro atoms. The van der Waals surface area contributed by atoms with E-state index < -0.39 is 12.3 Å². The van der Waals surface area contributed by atoms with Crippen molar-refractivity contribution in [3.8, 4) is 5.75 Å². The number of anilines is 2. The second kappa shape index (κ2) is 13.0. The van der Waals surface area contributed by atoms with Crippen LogP contribution in [0.5, 0.6) is 5.75 Å². The molecule has 16 heteroatoms. The van der Waals surface area contributed by atoms with E-state index in [-0.39, 0.29) is 18.1 Å². The second-order valence-electron chi connectivity index (χ2n) is 6.66. The number of hydrogen-bond donors (Lipinski definition) is 2. The van der Waals surface area contributed by atoms with E-state index in [0.717, 1.165) is 28.6 Å². The molecule has 2 N–H and O–H groups in total. The summed E-state index contributed by atoms with van der Waals surface area (Å²) in [5, 5.41) is 22.0. The molecule has 2 heterocycles. The maximum Gasteiger partial charge on any atom is 0.573 e. The van der Waals surface area contributed by atoms with Gasteiger partial charge in [0.2, 0.25) is 22.1 Å². The Morgan fingerprint density at radius 2 is 1.57 bits per heavy atom. The van der Waals surface area contributed by atoms with Crippen molar-refractivity contribution in [2.45, 2.75) is 41.2 Å². The summed E-state index contributed by atoms with van der Waals surface area (Å²) in [6.45, 7) is 1.92. The Bertz CT molecular complexity index is 1140. The molecule has 0 aliphatic rings. The van der Waals surface area contributed by atoms with Crippen molar-refractivity contribution in [2.75, 3.05) is 22.1 Å². The fourth-order valence-corrected chi connectivity index (χ4v) is 6.15. The first-order valence-corrected chi connectivity index (χ1v) is 13.7. The normalized spacial score (nSPS) is 11.3. The van der Waals surface area contributed by atoms with Gasteiger partial charge < -0.3 is 15.4 Å². The van der Waals surface area contributed by atoms with Crippen molar-refractivity contribution in [1.29, 1.82) is 0 Å². The summed E-state index contributed by atoms with van der Waals surface area (Å²) in [4.78, 5) is 23.8. The molecule has 0 atom stereocenters. The molecule has 0 aliphatic carbocycles. The molecule has 0 unspecified atom stereocenters. The van der Waals surface area contributed by atoms with Crippen LogP contribution in [0.4, 0.5) is 23.4 Å². The quantitative estimate of drug-likeness (QED) is 0.176. The standard InChI is InChI=1S/C19H19F3N6O3S4/c1-2-4-13(29)23-15-25-27-17(34-15)32-7-8-33-18-28-26-16(35-18)24-14(30)10-11-5-3-6-12(9-11)31-19(20,21)22/h3,5-6,9H,2,4,7-8,10H2,1H3,(H,23,25,29)(H,24,26,30). The van der Waals surface area contributed by atoms with Crippen LogP contribution in [0.15, 0.2) is 32.9 Å². The van der Waals surface area contributed by atoms with Gasteiger partial charge in [0.1, 0.15) is 5.75 Å². The number of aromatic nitrogens is 4. The largest absolute Gasteiger partial charge is 0.573 e. The van der Waals surface area contributed by atoms with E-state index in [9.17, 15) is 22.8 Å². The fourth-order valence-electron chi connectivity index (χ4n) is 2.51. The fraction of sp³-hybridized carbons (Fsp3) is 0.368. The first kappa shape index (κ1) is 27.2. The summed E-state index contributed by atoms with van der Waals surface area (Å²) >= 11 is 5.47. The van der Waals surface area contributed by atoms with Crippen LogP contribution in [0.2, 0.25) is 0 Å². The van der Waals surface area contributed by atoms with Crippen molar-refractivity contribution in [3.05, 3.63) is 29.8 Å². The molecule has 0 saturated heterocycles. The third-order valence-electron chi connectivity index (χ3n) is 3.81. The number of rotatable bonds is 12. The number of amides is 2. The van der Waals surface area contributed by atoms with Crippen LogP contribution in [-0.4, -0.2) is 50.1 Å². The molecule has 35 heavy (non-hydrogen) atoms. The molecule has 3 rings (SSSR count). The Balaban J connectivity index is 1.39. The van der Waals surface area contributed by atoms with Crippen LogP contribution in [0.3, 0.4) is 0 Å². The molecule has 1 aromatic carbocycles. The molecule has 0 bridgehead atoms. The molecular weight excluding hydrogens is 546 g/mol. The van der Waals surface area contributed by atoms with Gasteiger partial charge in [-0.1, -0.05) is 65.3 Å². The van der Waals surface area contributed by atoms with Crippen LogP contribution < -0.4 is 15.4 Å². The van der Waals surface area contributed by atoms with Crippen molar-refractivity contribution < 1.29 is 27.5 Å². The van der Waals surface area contributed by atoms with E-state index in [2.05, 4.69) is 35.8 Å². The Kier molecular flexibility index (Phi) is 10.1. The van der Waals surface area contributed by atoms with E-state index in [1.807, 2.05) is 6.92 Å². The van der Waals surface area contributed by atoms with E-state index in [1.54, 1.807) is 0 Å². The predicted molar refractivity (Wildman–Crippen MR) is 130 cm³/mol. The smallest absolute Gasteiger partial charge is 0.406 e. The van der Waals surface area contributed by atoms with Crippen LogP contribution >= 0.6 is 46.2 Å². The van der Waals surface area contributed by atoms with Gasteiger partial charge in [-0.25, -0.2) is 0 Å². The zero-order valence-corrected chi connectivity index (χ0v) is 21.4. The number of nitrogens with one attached hydrogen (secondary N) is 2. The highest BCUT2D eigenvalue weighted by molar-refractivity contribution is 8.04. The van der Waals surface area contributed by atoms with Crippen LogP contribution in [0.25, 0.3) is 0 Å². The topological polar surface area (TPSA) is 119 Å². The molecule has 0 aliphatic heterocycles. The highest BCUT2D eigenvalue weighted by Crippen LogP contribution is 2.30. The van der Waals surface area contributed by atoms with Crippen LogP contribution in [0.1, 0.15) is 25.3 Å². The molecule has 0 radical (unpaired) electrons. The number of hydrogen-bond acceptors (Lipinski definition) is 11. The van der Waals surface area contributed by atoms with Crippen LogP contribution in [0, 0.1) is 0 Å². The van der Waals surface area contributed by atoms with Gasteiger partial charge in [0.15, 0.2) is 8.68 Å². The zero-order valence-electron chi connectivity index (χ0n) is 18.1. The lowest BCUT2D eigenvalue weighted by atomic mass is 10.1. The number of benzene rings is 1. The second-order valence-corrected chi connectivity index (χ2v) is 11.3. The van der Waals surface area contributed by atoms with Gasteiger partial charge in [0.05, 0.1) is 6.42 Å². The minimum Gasteiger partial charge on any atom is -0.406 e. The third kappa shape index (κ3) is 9.99. The van der Waals surface area contributed by atoms with Crippen molar-refractivity contribution in [3.63, 3.8) is 0 Å². The maximum absolute atomic E-state index is 12.4. The minimum atomic E-state index is -4.80. The molecule has 9 nitrogen and oxygen atoms in total. The molecule has 188 valence electrons. The van der Waals surface area contributed by atoms with Crippen molar-refractivity contribution >= 4 is 68.3 Å². The number of halogens is 3. The lowest BCUT2D eigenvalue weighted by Gasteiger charge is -2.09. The van der Waals surface area contributed by atoms with Crippen LogP contribution in [-0.2, 0) is 16.0 Å². The minimum absolute atomic E-state index is 0.0843. The van der Waals surface area contributed by atoms with Gasteiger partial charge in [-0.15, -0.1) is 33.6 Å². The van der Waals surface area contributed by atoms with Gasteiger partial charge in [-0.2, -0.15) is 0 Å². The summed E-state index contributed by atoms with van der Waals surface area (Å²) in [6, 6.07) is 5.23. The van der Waals surface area contributed by atoms with E-state index >= 15 is 0 Å².